The number of aryl methyl sites for hydroxylation is 1. The summed E-state index contributed by atoms with van der Waals surface area (Å²) in [5.41, 5.74) is 1.49. The molecule has 0 aliphatic rings. The van der Waals surface area contributed by atoms with Gasteiger partial charge in [0.2, 0.25) is 0 Å². The Morgan fingerprint density at radius 3 is 2.37 bits per heavy atom. The fourth-order valence-electron chi connectivity index (χ4n) is 2.39. The van der Waals surface area contributed by atoms with E-state index in [4.69, 9.17) is 9.47 Å². The summed E-state index contributed by atoms with van der Waals surface area (Å²) in [6, 6.07) is 10.9. The van der Waals surface area contributed by atoms with Crippen molar-refractivity contribution in [2.24, 2.45) is 0 Å². The van der Waals surface area contributed by atoms with Crippen LogP contribution in [0.25, 0.3) is 0 Å². The number of carbonyl (C=O) groups excluding carboxylic acids is 1. The first kappa shape index (κ1) is 20.8. The van der Waals surface area contributed by atoms with Crippen molar-refractivity contribution in [2.75, 3.05) is 17.9 Å². The molecule has 2 aromatic rings. The van der Waals surface area contributed by atoms with Crippen LogP contribution >= 0.6 is 0 Å². The molecule has 6 nitrogen and oxygen atoms in total. The van der Waals surface area contributed by atoms with E-state index < -0.39 is 16.0 Å². The lowest BCUT2D eigenvalue weighted by Crippen LogP contribution is -2.13. The Hall–Kier alpha value is -2.54. The third-order valence-electron chi connectivity index (χ3n) is 3.86. The van der Waals surface area contributed by atoms with Gasteiger partial charge in [-0.3, -0.25) is 4.72 Å². The van der Waals surface area contributed by atoms with Gasteiger partial charge < -0.3 is 9.47 Å². The Labute approximate surface area is 160 Å². The Balaban J connectivity index is 2.09. The zero-order valence-corrected chi connectivity index (χ0v) is 16.6. The molecule has 7 heteroatoms. The molecule has 0 atom stereocenters. The van der Waals surface area contributed by atoms with Gasteiger partial charge in [0.25, 0.3) is 10.0 Å². The summed E-state index contributed by atoms with van der Waals surface area (Å²) in [6.45, 7) is 6.57. The highest BCUT2D eigenvalue weighted by molar-refractivity contribution is 7.92. The number of unbranched alkanes of at least 4 members (excludes halogenated alkanes) is 1. The van der Waals surface area contributed by atoms with Gasteiger partial charge in [-0.1, -0.05) is 13.3 Å². The second kappa shape index (κ2) is 9.41. The summed E-state index contributed by atoms with van der Waals surface area (Å²) in [5, 5.41) is 0. The SMILES string of the molecule is CCCCOC(=O)c1ccc(NS(=O)(=O)c2ccc(OCC)c(C)c2)cc1. The molecule has 0 saturated heterocycles. The number of hydrogen-bond acceptors (Lipinski definition) is 5. The molecule has 1 N–H and O–H groups in total. The standard InChI is InChI=1S/C20H25NO5S/c1-4-6-13-26-20(22)16-7-9-17(10-8-16)21-27(23,24)18-11-12-19(25-5-2)15(3)14-18/h7-12,14,21H,4-6,13H2,1-3H3. The van der Waals surface area contributed by atoms with E-state index in [1.165, 1.54) is 30.3 Å². The van der Waals surface area contributed by atoms with Crippen LogP contribution in [0.2, 0.25) is 0 Å². The first-order chi connectivity index (χ1) is 12.9. The predicted octanol–water partition coefficient (Wildman–Crippen LogP) is 4.15. The molecular formula is C20H25NO5S. The molecule has 2 rings (SSSR count). The van der Waals surface area contributed by atoms with E-state index in [9.17, 15) is 13.2 Å². The number of carbonyl (C=O) groups is 1. The molecule has 0 aromatic heterocycles. The molecule has 0 bridgehead atoms. The quantitative estimate of drug-likeness (QED) is 0.513. The maximum atomic E-state index is 12.6. The highest BCUT2D eigenvalue weighted by Gasteiger charge is 2.16. The third-order valence-corrected chi connectivity index (χ3v) is 5.24. The van der Waals surface area contributed by atoms with E-state index in [1.54, 1.807) is 19.1 Å². The smallest absolute Gasteiger partial charge is 0.338 e. The van der Waals surface area contributed by atoms with Crippen molar-refractivity contribution in [3.05, 3.63) is 53.6 Å². The summed E-state index contributed by atoms with van der Waals surface area (Å²) in [5.74, 6) is 0.238. The summed E-state index contributed by atoms with van der Waals surface area (Å²) >= 11 is 0. The maximum Gasteiger partial charge on any atom is 0.338 e. The average Bonchev–Trinajstić information content (AvgIpc) is 2.64. The Morgan fingerprint density at radius 2 is 1.78 bits per heavy atom. The summed E-state index contributed by atoms with van der Waals surface area (Å²) in [4.78, 5) is 12.0. The van der Waals surface area contributed by atoms with Crippen LogP contribution in [0.5, 0.6) is 5.75 Å². The lowest BCUT2D eigenvalue weighted by Gasteiger charge is -2.12. The van der Waals surface area contributed by atoms with E-state index in [0.717, 1.165) is 18.4 Å². The van der Waals surface area contributed by atoms with Crippen molar-refractivity contribution < 1.29 is 22.7 Å². The number of hydrogen-bond donors (Lipinski definition) is 1. The Kier molecular flexibility index (Phi) is 7.24. The van der Waals surface area contributed by atoms with Gasteiger partial charge in [-0.2, -0.15) is 0 Å². The van der Waals surface area contributed by atoms with Crippen molar-refractivity contribution in [1.82, 2.24) is 0 Å². The molecule has 27 heavy (non-hydrogen) atoms. The molecular weight excluding hydrogens is 366 g/mol. The molecule has 0 aliphatic carbocycles. The lowest BCUT2D eigenvalue weighted by molar-refractivity contribution is 0.0500. The number of nitrogens with one attached hydrogen (secondary N) is 1. The number of anilines is 1. The molecule has 0 spiro atoms. The monoisotopic (exact) mass is 391 g/mol. The van der Waals surface area contributed by atoms with Crippen LogP contribution in [-0.4, -0.2) is 27.6 Å². The Bertz CT molecular complexity index is 876. The number of benzene rings is 2. The second-order valence-corrected chi connectivity index (χ2v) is 7.72. The van der Waals surface area contributed by atoms with Gasteiger partial charge in [0.15, 0.2) is 0 Å². The highest BCUT2D eigenvalue weighted by atomic mass is 32.2. The van der Waals surface area contributed by atoms with E-state index in [0.29, 0.717) is 30.2 Å². The van der Waals surface area contributed by atoms with Crippen LogP contribution in [0.15, 0.2) is 47.4 Å². The number of rotatable bonds is 9. The van der Waals surface area contributed by atoms with Crippen LogP contribution in [0, 0.1) is 6.92 Å². The molecule has 0 heterocycles. The summed E-state index contributed by atoms with van der Waals surface area (Å²) < 4.78 is 38.2. The van der Waals surface area contributed by atoms with Crippen LogP contribution in [0.4, 0.5) is 5.69 Å². The topological polar surface area (TPSA) is 81.7 Å². The zero-order chi connectivity index (χ0) is 19.9. The van der Waals surface area contributed by atoms with Gasteiger partial charge in [-0.15, -0.1) is 0 Å². The van der Waals surface area contributed by atoms with Crippen LogP contribution in [0.3, 0.4) is 0 Å². The third kappa shape index (κ3) is 5.72. The minimum Gasteiger partial charge on any atom is -0.494 e. The van der Waals surface area contributed by atoms with Gasteiger partial charge in [0.1, 0.15) is 5.75 Å². The fraction of sp³-hybridized carbons (Fsp3) is 0.350. The Morgan fingerprint density at radius 1 is 1.07 bits per heavy atom. The van der Waals surface area contributed by atoms with Gasteiger partial charge in [-0.05, 0) is 68.3 Å². The molecule has 0 saturated carbocycles. The molecule has 146 valence electrons. The van der Waals surface area contributed by atoms with E-state index in [1.807, 2.05) is 13.8 Å². The van der Waals surface area contributed by atoms with Crippen molar-refractivity contribution in [3.63, 3.8) is 0 Å². The van der Waals surface area contributed by atoms with Crippen LogP contribution in [-0.2, 0) is 14.8 Å². The molecule has 0 aliphatic heterocycles. The summed E-state index contributed by atoms with van der Waals surface area (Å²) in [6.07, 6.45) is 1.75. The van der Waals surface area contributed by atoms with E-state index >= 15 is 0 Å². The highest BCUT2D eigenvalue weighted by Crippen LogP contribution is 2.23. The van der Waals surface area contributed by atoms with Crippen LogP contribution in [0.1, 0.15) is 42.6 Å². The predicted molar refractivity (Wildman–Crippen MR) is 105 cm³/mol. The van der Waals surface area contributed by atoms with Gasteiger partial charge in [-0.25, -0.2) is 13.2 Å². The number of sulfonamides is 1. The minimum atomic E-state index is -3.74. The first-order valence-corrected chi connectivity index (χ1v) is 10.4. The second-order valence-electron chi connectivity index (χ2n) is 6.03. The number of ether oxygens (including phenoxy) is 2. The van der Waals surface area contributed by atoms with Gasteiger partial charge >= 0.3 is 5.97 Å². The largest absolute Gasteiger partial charge is 0.494 e. The van der Waals surface area contributed by atoms with Crippen molar-refractivity contribution >= 4 is 21.7 Å². The van der Waals surface area contributed by atoms with E-state index in [-0.39, 0.29) is 4.90 Å². The number of esters is 1. The fourth-order valence-corrected chi connectivity index (χ4v) is 3.53. The summed E-state index contributed by atoms with van der Waals surface area (Å²) in [7, 11) is -3.74. The van der Waals surface area contributed by atoms with Crippen molar-refractivity contribution in [1.29, 1.82) is 0 Å². The maximum absolute atomic E-state index is 12.6. The lowest BCUT2D eigenvalue weighted by atomic mass is 10.2. The molecule has 0 radical (unpaired) electrons. The first-order valence-electron chi connectivity index (χ1n) is 8.90. The molecule has 0 unspecified atom stereocenters. The zero-order valence-electron chi connectivity index (χ0n) is 15.8. The molecule has 0 fully saturated rings. The van der Waals surface area contributed by atoms with Crippen molar-refractivity contribution in [2.45, 2.75) is 38.5 Å². The molecule has 0 amide bonds. The minimum absolute atomic E-state index is 0.145. The van der Waals surface area contributed by atoms with Crippen LogP contribution < -0.4 is 9.46 Å². The van der Waals surface area contributed by atoms with Gasteiger partial charge in [0.05, 0.1) is 23.7 Å². The van der Waals surface area contributed by atoms with E-state index in [2.05, 4.69) is 4.72 Å². The van der Waals surface area contributed by atoms with Gasteiger partial charge in [0, 0.05) is 5.69 Å². The molecule has 2 aromatic carbocycles. The van der Waals surface area contributed by atoms with Crippen molar-refractivity contribution in [3.8, 4) is 5.75 Å². The normalized spacial score (nSPS) is 11.1. The average molecular weight is 391 g/mol.